The number of amides is 1. The van der Waals surface area contributed by atoms with E-state index in [4.69, 9.17) is 10.1 Å². The minimum Gasteiger partial charge on any atom is -0.352 e. The number of piperidine rings is 1. The Hall–Kier alpha value is -1.95. The van der Waals surface area contributed by atoms with Crippen molar-refractivity contribution in [2.75, 3.05) is 26.2 Å². The average Bonchev–Trinajstić information content (AvgIpc) is 3.49. The summed E-state index contributed by atoms with van der Waals surface area (Å²) < 4.78 is 1.98. The molecule has 4 rings (SSSR count). The molecule has 0 radical (unpaired) electrons. The van der Waals surface area contributed by atoms with E-state index >= 15 is 0 Å². The van der Waals surface area contributed by atoms with Crippen LogP contribution in [0.4, 0.5) is 0 Å². The number of nitrogens with one attached hydrogen (secondary N) is 1. The molecule has 0 aromatic carbocycles. The lowest BCUT2D eigenvalue weighted by molar-refractivity contribution is 0.0952. The Morgan fingerprint density at radius 2 is 1.90 bits per heavy atom. The van der Waals surface area contributed by atoms with Crippen LogP contribution in [0.25, 0.3) is 11.0 Å². The van der Waals surface area contributed by atoms with Gasteiger partial charge in [0.2, 0.25) is 0 Å². The third-order valence-electron chi connectivity index (χ3n) is 6.52. The first-order valence-corrected chi connectivity index (χ1v) is 11.7. The zero-order valence-electron chi connectivity index (χ0n) is 19.3. The van der Waals surface area contributed by atoms with Crippen LogP contribution in [0, 0.1) is 12.8 Å². The van der Waals surface area contributed by atoms with Gasteiger partial charge in [0, 0.05) is 18.2 Å². The molecule has 1 aliphatic carbocycles. The van der Waals surface area contributed by atoms with E-state index in [2.05, 4.69) is 37.9 Å². The highest BCUT2D eigenvalue weighted by atomic mass is 16.1. The quantitative estimate of drug-likeness (QED) is 0.723. The van der Waals surface area contributed by atoms with Crippen LogP contribution in [-0.4, -0.2) is 51.8 Å². The number of hydrogen-bond donors (Lipinski definition) is 1. The number of fused-ring (bicyclic) bond motifs is 1. The summed E-state index contributed by atoms with van der Waals surface area (Å²) in [4.78, 5) is 20.6. The second-order valence-electron chi connectivity index (χ2n) is 10.4. The summed E-state index contributed by atoms with van der Waals surface area (Å²) in [7, 11) is 0. The van der Waals surface area contributed by atoms with Crippen molar-refractivity contribution in [1.82, 2.24) is 25.0 Å². The Bertz CT molecular complexity index is 914. The van der Waals surface area contributed by atoms with E-state index in [1.54, 1.807) is 0 Å². The standard InChI is InChI=1S/C24H37N5O/c1-16-9-13-28(14-10-16)12-6-11-25-23(30)19-15-20(18-7-8-18)26-22-21(19)17(2)27-29(22)24(3,4)5/h15-16,18H,6-14H2,1-5H3,(H,25,30). The molecule has 164 valence electrons. The Kier molecular flexibility index (Phi) is 5.88. The maximum absolute atomic E-state index is 13.2. The third-order valence-corrected chi connectivity index (χ3v) is 6.52. The van der Waals surface area contributed by atoms with Crippen molar-refractivity contribution in [2.24, 2.45) is 5.92 Å². The minimum atomic E-state index is -0.179. The zero-order valence-corrected chi connectivity index (χ0v) is 19.3. The fourth-order valence-electron chi connectivity index (χ4n) is 4.43. The third kappa shape index (κ3) is 4.53. The number of aryl methyl sites for hydroxylation is 1. The van der Waals surface area contributed by atoms with Crippen LogP contribution in [-0.2, 0) is 5.54 Å². The van der Waals surface area contributed by atoms with Gasteiger partial charge in [0.1, 0.15) is 0 Å². The highest BCUT2D eigenvalue weighted by molar-refractivity contribution is 6.06. The summed E-state index contributed by atoms with van der Waals surface area (Å²) in [6, 6.07) is 2.02. The number of nitrogens with zero attached hydrogens (tertiary/aromatic N) is 4. The van der Waals surface area contributed by atoms with Crippen molar-refractivity contribution < 1.29 is 4.79 Å². The number of pyridine rings is 1. The van der Waals surface area contributed by atoms with E-state index in [9.17, 15) is 4.79 Å². The van der Waals surface area contributed by atoms with E-state index in [0.717, 1.165) is 59.7 Å². The van der Waals surface area contributed by atoms with Crippen molar-refractivity contribution in [3.05, 3.63) is 23.0 Å². The van der Waals surface area contributed by atoms with Crippen molar-refractivity contribution in [1.29, 1.82) is 0 Å². The molecule has 30 heavy (non-hydrogen) atoms. The largest absolute Gasteiger partial charge is 0.352 e. The summed E-state index contributed by atoms with van der Waals surface area (Å²) in [6.45, 7) is 14.9. The van der Waals surface area contributed by atoms with Gasteiger partial charge in [-0.3, -0.25) is 4.79 Å². The lowest BCUT2D eigenvalue weighted by atomic mass is 9.99. The maximum atomic E-state index is 13.2. The van der Waals surface area contributed by atoms with Crippen LogP contribution in [0.15, 0.2) is 6.07 Å². The van der Waals surface area contributed by atoms with Gasteiger partial charge >= 0.3 is 0 Å². The second-order valence-corrected chi connectivity index (χ2v) is 10.4. The first kappa shape index (κ1) is 21.3. The Morgan fingerprint density at radius 3 is 2.53 bits per heavy atom. The van der Waals surface area contributed by atoms with Gasteiger partial charge in [-0.15, -0.1) is 0 Å². The average molecular weight is 412 g/mol. The molecule has 1 saturated heterocycles. The first-order chi connectivity index (χ1) is 14.2. The van der Waals surface area contributed by atoms with Gasteiger partial charge in [0.15, 0.2) is 5.65 Å². The fourth-order valence-corrected chi connectivity index (χ4v) is 4.43. The van der Waals surface area contributed by atoms with Gasteiger partial charge in [-0.1, -0.05) is 6.92 Å². The molecule has 0 bridgehead atoms. The van der Waals surface area contributed by atoms with Gasteiger partial charge in [-0.2, -0.15) is 5.10 Å². The van der Waals surface area contributed by atoms with Crippen molar-refractivity contribution in [2.45, 2.75) is 78.2 Å². The van der Waals surface area contributed by atoms with E-state index in [1.165, 1.54) is 25.9 Å². The van der Waals surface area contributed by atoms with E-state index in [-0.39, 0.29) is 11.4 Å². The van der Waals surface area contributed by atoms with Crippen molar-refractivity contribution in [3.63, 3.8) is 0 Å². The Labute approximate surface area is 180 Å². The minimum absolute atomic E-state index is 0.00752. The number of rotatable bonds is 6. The lowest BCUT2D eigenvalue weighted by Gasteiger charge is -2.30. The molecule has 2 aliphatic rings. The van der Waals surface area contributed by atoms with Crippen LogP contribution in [0.5, 0.6) is 0 Å². The molecule has 1 aliphatic heterocycles. The molecule has 0 unspecified atom stereocenters. The highest BCUT2D eigenvalue weighted by Crippen LogP contribution is 2.41. The van der Waals surface area contributed by atoms with Gasteiger partial charge in [-0.05, 0) is 91.4 Å². The van der Waals surface area contributed by atoms with Crippen LogP contribution in [0.3, 0.4) is 0 Å². The maximum Gasteiger partial charge on any atom is 0.252 e. The Balaban J connectivity index is 1.49. The molecule has 0 atom stereocenters. The van der Waals surface area contributed by atoms with Crippen LogP contribution in [0.2, 0.25) is 0 Å². The monoisotopic (exact) mass is 411 g/mol. The second kappa shape index (κ2) is 8.29. The Morgan fingerprint density at radius 1 is 1.20 bits per heavy atom. The predicted octanol–water partition coefficient (Wildman–Crippen LogP) is 4.22. The molecular weight excluding hydrogens is 374 g/mol. The highest BCUT2D eigenvalue weighted by Gasteiger charge is 2.30. The van der Waals surface area contributed by atoms with Crippen molar-refractivity contribution in [3.8, 4) is 0 Å². The molecule has 3 heterocycles. The van der Waals surface area contributed by atoms with Gasteiger partial charge in [0.25, 0.3) is 5.91 Å². The SMILES string of the molecule is Cc1nn(C(C)(C)C)c2nc(C3CC3)cc(C(=O)NCCCN3CCC(C)CC3)c12. The van der Waals surface area contributed by atoms with Gasteiger partial charge < -0.3 is 10.2 Å². The van der Waals surface area contributed by atoms with Crippen LogP contribution in [0.1, 0.15) is 87.5 Å². The summed E-state index contributed by atoms with van der Waals surface area (Å²) in [5.74, 6) is 1.35. The molecule has 0 spiro atoms. The molecule has 1 amide bonds. The number of hydrogen-bond acceptors (Lipinski definition) is 4. The number of carbonyl (C=O) groups is 1. The molecule has 2 aromatic heterocycles. The fraction of sp³-hybridized carbons (Fsp3) is 0.708. The van der Waals surface area contributed by atoms with Crippen LogP contribution >= 0.6 is 0 Å². The number of carbonyl (C=O) groups excluding carboxylic acids is 1. The normalized spacial score (nSPS) is 18.8. The summed E-state index contributed by atoms with van der Waals surface area (Å²) in [5, 5.41) is 8.83. The molecular formula is C24H37N5O. The van der Waals surface area contributed by atoms with Crippen LogP contribution < -0.4 is 5.32 Å². The molecule has 6 heteroatoms. The predicted molar refractivity (Wildman–Crippen MR) is 121 cm³/mol. The molecule has 2 fully saturated rings. The molecule has 1 N–H and O–H groups in total. The summed E-state index contributed by atoms with van der Waals surface area (Å²) >= 11 is 0. The lowest BCUT2D eigenvalue weighted by Crippen LogP contribution is -2.35. The number of aromatic nitrogens is 3. The smallest absolute Gasteiger partial charge is 0.252 e. The van der Waals surface area contributed by atoms with Crippen molar-refractivity contribution >= 4 is 16.9 Å². The molecule has 6 nitrogen and oxygen atoms in total. The molecule has 2 aromatic rings. The topological polar surface area (TPSA) is 63.1 Å². The molecule has 1 saturated carbocycles. The van der Waals surface area contributed by atoms with Gasteiger partial charge in [0.05, 0.1) is 22.2 Å². The first-order valence-electron chi connectivity index (χ1n) is 11.7. The van der Waals surface area contributed by atoms with Gasteiger partial charge in [-0.25, -0.2) is 9.67 Å². The van der Waals surface area contributed by atoms with E-state index in [1.807, 2.05) is 17.7 Å². The zero-order chi connectivity index (χ0) is 21.5. The number of likely N-dealkylation sites (tertiary alicyclic amines) is 1. The van der Waals surface area contributed by atoms with E-state index < -0.39 is 0 Å². The van der Waals surface area contributed by atoms with E-state index in [0.29, 0.717) is 12.5 Å². The summed E-state index contributed by atoms with van der Waals surface area (Å²) in [6.07, 6.45) is 5.90. The summed E-state index contributed by atoms with van der Waals surface area (Å²) in [5.41, 5.74) is 3.32.